The summed E-state index contributed by atoms with van der Waals surface area (Å²) in [6, 6.07) is 5.87. The summed E-state index contributed by atoms with van der Waals surface area (Å²) in [7, 11) is 0. The van der Waals surface area contributed by atoms with Crippen LogP contribution in [0.5, 0.6) is 0 Å². The van der Waals surface area contributed by atoms with Gasteiger partial charge in [-0.3, -0.25) is 0 Å². The van der Waals surface area contributed by atoms with Gasteiger partial charge in [-0.1, -0.05) is 22.0 Å². The molecule has 0 aliphatic heterocycles. The van der Waals surface area contributed by atoms with E-state index >= 15 is 0 Å². The Kier molecular flexibility index (Phi) is 5.20. The molecule has 0 spiro atoms. The van der Waals surface area contributed by atoms with Gasteiger partial charge in [0.2, 0.25) is 0 Å². The van der Waals surface area contributed by atoms with Gasteiger partial charge in [0.15, 0.2) is 0 Å². The van der Waals surface area contributed by atoms with E-state index in [1.54, 1.807) is 20.8 Å². The van der Waals surface area contributed by atoms with Gasteiger partial charge in [0.25, 0.3) is 0 Å². The van der Waals surface area contributed by atoms with E-state index in [0.29, 0.717) is 6.54 Å². The minimum Gasteiger partial charge on any atom is -0.389 e. The van der Waals surface area contributed by atoms with Crippen molar-refractivity contribution in [1.29, 1.82) is 0 Å². The fraction of sp³-hybridized carbons (Fsp3) is 0.571. The molecule has 0 heterocycles. The highest BCUT2D eigenvalue weighted by molar-refractivity contribution is 9.10. The van der Waals surface area contributed by atoms with Crippen LogP contribution in [-0.4, -0.2) is 28.9 Å². The van der Waals surface area contributed by atoms with Crippen molar-refractivity contribution in [1.82, 2.24) is 0 Å². The maximum Gasteiger partial charge on any atom is 0.0772 e. The van der Waals surface area contributed by atoms with Gasteiger partial charge >= 0.3 is 0 Å². The molecule has 1 atom stereocenters. The van der Waals surface area contributed by atoms with Crippen LogP contribution in [0.25, 0.3) is 0 Å². The number of rotatable bonds is 5. The first-order valence-electron chi connectivity index (χ1n) is 6.19. The molecule has 1 unspecified atom stereocenters. The Balaban J connectivity index is 2.98. The van der Waals surface area contributed by atoms with Crippen molar-refractivity contribution in [2.75, 3.05) is 18.0 Å². The van der Waals surface area contributed by atoms with Crippen LogP contribution in [0.4, 0.5) is 5.69 Å². The van der Waals surface area contributed by atoms with Crippen LogP contribution in [0.15, 0.2) is 22.7 Å². The van der Waals surface area contributed by atoms with E-state index in [1.807, 2.05) is 18.2 Å². The predicted octanol–water partition coefficient (Wildman–Crippen LogP) is 3.10. The number of benzene rings is 1. The highest BCUT2D eigenvalue weighted by Crippen LogP contribution is 2.28. The summed E-state index contributed by atoms with van der Waals surface area (Å²) in [5.74, 6) is 0. The lowest BCUT2D eigenvalue weighted by Gasteiger charge is -2.30. The summed E-state index contributed by atoms with van der Waals surface area (Å²) < 4.78 is 0.893. The second-order valence-corrected chi connectivity index (χ2v) is 6.06. The lowest BCUT2D eigenvalue weighted by atomic mass is 10.1. The van der Waals surface area contributed by atoms with Crippen molar-refractivity contribution in [3.8, 4) is 0 Å². The van der Waals surface area contributed by atoms with E-state index in [-0.39, 0.29) is 0 Å². The average Bonchev–Trinajstić information content (AvgIpc) is 2.24. The van der Waals surface area contributed by atoms with Gasteiger partial charge in [0, 0.05) is 23.2 Å². The van der Waals surface area contributed by atoms with Gasteiger partial charge in [0.1, 0.15) is 0 Å². The first kappa shape index (κ1) is 15.5. The Morgan fingerprint density at radius 1 is 1.39 bits per heavy atom. The zero-order valence-electron chi connectivity index (χ0n) is 11.4. The van der Waals surface area contributed by atoms with Crippen LogP contribution >= 0.6 is 15.9 Å². The Morgan fingerprint density at radius 2 is 2.00 bits per heavy atom. The Morgan fingerprint density at radius 3 is 2.39 bits per heavy atom. The molecule has 1 aromatic carbocycles. The third kappa shape index (κ3) is 4.26. The fourth-order valence-electron chi connectivity index (χ4n) is 1.90. The van der Waals surface area contributed by atoms with Crippen LogP contribution in [0, 0.1) is 0 Å². The maximum atomic E-state index is 9.90. The molecule has 0 aliphatic rings. The highest BCUT2D eigenvalue weighted by atomic mass is 79.9. The van der Waals surface area contributed by atoms with E-state index in [4.69, 9.17) is 0 Å². The van der Waals surface area contributed by atoms with Crippen molar-refractivity contribution in [2.24, 2.45) is 0 Å². The Hall–Kier alpha value is -0.580. The number of aliphatic hydroxyl groups is 2. The third-order valence-corrected chi connectivity index (χ3v) is 3.45. The summed E-state index contributed by atoms with van der Waals surface area (Å²) in [5.41, 5.74) is 1.18. The minimum atomic E-state index is -0.731. The minimum absolute atomic E-state index is 0.488. The molecular weight excluding hydrogens is 294 g/mol. The standard InChI is InChI=1S/C14H22BrNO2/c1-5-16(9-14(3,4)18)11-6-7-12(10(2)17)13(15)8-11/h6-8,10,17-18H,5,9H2,1-4H3. The Bertz CT molecular complexity index is 399. The third-order valence-electron chi connectivity index (χ3n) is 2.76. The number of anilines is 1. The van der Waals surface area contributed by atoms with Gasteiger partial charge in [-0.05, 0) is 45.4 Å². The van der Waals surface area contributed by atoms with Gasteiger partial charge in [-0.15, -0.1) is 0 Å². The van der Waals surface area contributed by atoms with E-state index in [9.17, 15) is 10.2 Å². The molecule has 0 bridgehead atoms. The predicted molar refractivity (Wildman–Crippen MR) is 79.0 cm³/mol. The van der Waals surface area contributed by atoms with E-state index in [1.165, 1.54) is 0 Å². The molecule has 2 N–H and O–H groups in total. The molecule has 0 amide bonds. The van der Waals surface area contributed by atoms with Crippen LogP contribution in [0.1, 0.15) is 39.4 Å². The monoisotopic (exact) mass is 315 g/mol. The van der Waals surface area contributed by atoms with E-state index < -0.39 is 11.7 Å². The average molecular weight is 316 g/mol. The second kappa shape index (κ2) is 6.04. The zero-order valence-corrected chi connectivity index (χ0v) is 13.0. The number of likely N-dealkylation sites (N-methyl/N-ethyl adjacent to an activating group) is 1. The summed E-state index contributed by atoms with van der Waals surface area (Å²) in [4.78, 5) is 2.11. The van der Waals surface area contributed by atoms with Gasteiger partial charge in [0.05, 0.1) is 11.7 Å². The molecule has 1 aromatic rings. The molecular formula is C14H22BrNO2. The first-order chi connectivity index (χ1) is 8.24. The molecule has 1 rings (SSSR count). The summed E-state index contributed by atoms with van der Waals surface area (Å²) in [6.45, 7) is 8.80. The SMILES string of the molecule is CCN(CC(C)(C)O)c1ccc(C(C)O)c(Br)c1. The number of aliphatic hydroxyl groups excluding tert-OH is 1. The number of halogens is 1. The molecule has 0 aromatic heterocycles. The molecule has 0 radical (unpaired) electrons. The van der Waals surface area contributed by atoms with Crippen molar-refractivity contribution in [3.05, 3.63) is 28.2 Å². The molecule has 0 aliphatic carbocycles. The fourth-order valence-corrected chi connectivity index (χ4v) is 2.60. The maximum absolute atomic E-state index is 9.90. The number of nitrogens with zero attached hydrogens (tertiary/aromatic N) is 1. The molecule has 0 fully saturated rings. The molecule has 3 nitrogen and oxygen atoms in total. The van der Waals surface area contributed by atoms with Crippen molar-refractivity contribution < 1.29 is 10.2 Å². The van der Waals surface area contributed by atoms with Gasteiger partial charge in [-0.2, -0.15) is 0 Å². The topological polar surface area (TPSA) is 43.7 Å². The second-order valence-electron chi connectivity index (χ2n) is 5.21. The van der Waals surface area contributed by atoms with Crippen LogP contribution in [0.3, 0.4) is 0 Å². The van der Waals surface area contributed by atoms with Crippen LogP contribution in [-0.2, 0) is 0 Å². The molecule has 0 saturated heterocycles. The molecule has 102 valence electrons. The van der Waals surface area contributed by atoms with Crippen molar-refractivity contribution in [2.45, 2.75) is 39.4 Å². The van der Waals surface area contributed by atoms with Crippen LogP contribution in [0.2, 0.25) is 0 Å². The molecule has 18 heavy (non-hydrogen) atoms. The smallest absolute Gasteiger partial charge is 0.0772 e. The number of hydrogen-bond donors (Lipinski definition) is 2. The van der Waals surface area contributed by atoms with E-state index in [0.717, 1.165) is 22.3 Å². The lowest BCUT2D eigenvalue weighted by molar-refractivity contribution is 0.0876. The van der Waals surface area contributed by atoms with Crippen molar-refractivity contribution >= 4 is 21.6 Å². The normalized spacial score (nSPS) is 13.5. The largest absolute Gasteiger partial charge is 0.389 e. The van der Waals surface area contributed by atoms with Crippen LogP contribution < -0.4 is 4.90 Å². The van der Waals surface area contributed by atoms with Gasteiger partial charge < -0.3 is 15.1 Å². The summed E-state index contributed by atoms with van der Waals surface area (Å²) >= 11 is 3.48. The Labute approximate surface area is 118 Å². The quantitative estimate of drug-likeness (QED) is 0.877. The zero-order chi connectivity index (χ0) is 13.9. The molecule has 0 saturated carbocycles. The molecule has 4 heteroatoms. The lowest BCUT2D eigenvalue weighted by Crippen LogP contribution is -2.38. The summed E-state index contributed by atoms with van der Waals surface area (Å²) in [5, 5.41) is 19.5. The van der Waals surface area contributed by atoms with Crippen molar-refractivity contribution in [3.63, 3.8) is 0 Å². The first-order valence-corrected chi connectivity index (χ1v) is 6.98. The number of hydrogen-bond acceptors (Lipinski definition) is 3. The van der Waals surface area contributed by atoms with Gasteiger partial charge in [-0.25, -0.2) is 0 Å². The summed E-state index contributed by atoms with van der Waals surface area (Å²) in [6.07, 6.45) is -0.488. The van der Waals surface area contributed by atoms with E-state index in [2.05, 4.69) is 27.8 Å². The highest BCUT2D eigenvalue weighted by Gasteiger charge is 2.18.